The van der Waals surface area contributed by atoms with E-state index in [2.05, 4.69) is 47.2 Å². The SMILES string of the molecule is CC/C=C\C/C=C\CNC.O=CNc1cc2ccccc2cc1C(=O)NC(C(=O)O)C1CCCCC1. The Kier molecular flexibility index (Phi) is 13.0. The third kappa shape index (κ3) is 9.30. The molecule has 0 radical (unpaired) electrons. The van der Waals surface area contributed by atoms with Gasteiger partial charge in [0.15, 0.2) is 0 Å². The summed E-state index contributed by atoms with van der Waals surface area (Å²) in [4.78, 5) is 35.4. The fraction of sp³-hybridized carbons (Fsp3) is 0.414. The molecule has 7 nitrogen and oxygen atoms in total. The molecule has 0 saturated heterocycles. The van der Waals surface area contributed by atoms with Gasteiger partial charge in [0, 0.05) is 6.54 Å². The number of rotatable bonds is 11. The molecule has 2 aromatic carbocycles. The van der Waals surface area contributed by atoms with Gasteiger partial charge in [-0.05, 0) is 61.6 Å². The Labute approximate surface area is 214 Å². The number of nitrogens with one attached hydrogen (secondary N) is 3. The predicted octanol–water partition coefficient (Wildman–Crippen LogP) is 5.29. The van der Waals surface area contributed by atoms with Gasteiger partial charge in [0.2, 0.25) is 6.41 Å². The molecule has 7 heteroatoms. The van der Waals surface area contributed by atoms with Crippen molar-refractivity contribution in [2.24, 2.45) is 5.92 Å². The number of hydrogen-bond acceptors (Lipinski definition) is 4. The lowest BCUT2D eigenvalue weighted by Crippen LogP contribution is -2.46. The van der Waals surface area contributed by atoms with Gasteiger partial charge in [0.1, 0.15) is 6.04 Å². The van der Waals surface area contributed by atoms with Crippen LogP contribution < -0.4 is 16.0 Å². The molecule has 194 valence electrons. The van der Waals surface area contributed by atoms with Crippen molar-refractivity contribution in [1.82, 2.24) is 10.6 Å². The Morgan fingerprint density at radius 2 is 1.69 bits per heavy atom. The maximum absolute atomic E-state index is 12.8. The summed E-state index contributed by atoms with van der Waals surface area (Å²) in [6, 6.07) is 9.96. The van der Waals surface area contributed by atoms with Crippen LogP contribution in [0.3, 0.4) is 0 Å². The van der Waals surface area contributed by atoms with Crippen molar-refractivity contribution in [1.29, 1.82) is 0 Å². The molecule has 2 amide bonds. The maximum atomic E-state index is 12.8. The van der Waals surface area contributed by atoms with Crippen LogP contribution in [0.25, 0.3) is 10.8 Å². The Balaban J connectivity index is 0.000000388. The average molecular weight is 494 g/mol. The van der Waals surface area contributed by atoms with E-state index in [1.54, 1.807) is 12.1 Å². The number of carbonyl (C=O) groups excluding carboxylic acids is 2. The summed E-state index contributed by atoms with van der Waals surface area (Å²) < 4.78 is 0. The molecule has 4 N–H and O–H groups in total. The molecule has 0 aromatic heterocycles. The van der Waals surface area contributed by atoms with E-state index in [0.717, 1.165) is 62.3 Å². The number of allylic oxidation sites excluding steroid dienone is 3. The molecule has 1 fully saturated rings. The lowest BCUT2D eigenvalue weighted by Gasteiger charge is -2.28. The van der Waals surface area contributed by atoms with Crippen molar-refractivity contribution in [2.45, 2.75) is 57.9 Å². The summed E-state index contributed by atoms with van der Waals surface area (Å²) in [6.07, 6.45) is 16.1. The first-order valence-corrected chi connectivity index (χ1v) is 12.7. The molecule has 2 aromatic rings. The summed E-state index contributed by atoms with van der Waals surface area (Å²) in [7, 11) is 1.95. The summed E-state index contributed by atoms with van der Waals surface area (Å²) in [5.41, 5.74) is 0.627. The summed E-state index contributed by atoms with van der Waals surface area (Å²) in [5.74, 6) is -1.57. The van der Waals surface area contributed by atoms with Gasteiger partial charge in [0.05, 0.1) is 11.3 Å². The molecule has 1 aliphatic rings. The van der Waals surface area contributed by atoms with E-state index in [1.165, 1.54) is 0 Å². The highest BCUT2D eigenvalue weighted by molar-refractivity contribution is 6.06. The van der Waals surface area contributed by atoms with Crippen molar-refractivity contribution in [2.75, 3.05) is 18.9 Å². The van der Waals surface area contributed by atoms with Crippen LogP contribution in [0.4, 0.5) is 5.69 Å². The van der Waals surface area contributed by atoms with Crippen LogP contribution in [0.2, 0.25) is 0 Å². The fourth-order valence-electron chi connectivity index (χ4n) is 4.32. The molecule has 3 rings (SSSR count). The van der Waals surface area contributed by atoms with E-state index in [-0.39, 0.29) is 11.5 Å². The second-order valence-electron chi connectivity index (χ2n) is 8.84. The van der Waals surface area contributed by atoms with Crippen LogP contribution in [-0.4, -0.2) is 43.0 Å². The monoisotopic (exact) mass is 493 g/mol. The highest BCUT2D eigenvalue weighted by atomic mass is 16.4. The van der Waals surface area contributed by atoms with Gasteiger partial charge in [-0.3, -0.25) is 9.59 Å². The van der Waals surface area contributed by atoms with E-state index < -0.39 is 17.9 Å². The first-order valence-electron chi connectivity index (χ1n) is 12.7. The van der Waals surface area contributed by atoms with E-state index in [1.807, 2.05) is 31.3 Å². The normalized spacial score (nSPS) is 14.8. The number of fused-ring (bicyclic) bond motifs is 1. The molecule has 1 unspecified atom stereocenters. The Morgan fingerprint density at radius 3 is 2.31 bits per heavy atom. The fourth-order valence-corrected chi connectivity index (χ4v) is 4.32. The molecule has 0 aliphatic heterocycles. The average Bonchev–Trinajstić information content (AvgIpc) is 2.89. The lowest BCUT2D eigenvalue weighted by molar-refractivity contribution is -0.141. The molecular weight excluding hydrogens is 454 g/mol. The van der Waals surface area contributed by atoms with Gasteiger partial charge >= 0.3 is 5.97 Å². The maximum Gasteiger partial charge on any atom is 0.326 e. The lowest BCUT2D eigenvalue weighted by atomic mass is 9.83. The van der Waals surface area contributed by atoms with Crippen LogP contribution >= 0.6 is 0 Å². The molecule has 1 atom stereocenters. The number of likely N-dealkylation sites (N-methyl/N-ethyl adjacent to an activating group) is 1. The Hall–Kier alpha value is -3.45. The van der Waals surface area contributed by atoms with Gasteiger partial charge in [-0.25, -0.2) is 4.79 Å². The number of carboxylic acids is 1. The van der Waals surface area contributed by atoms with E-state index in [0.29, 0.717) is 12.1 Å². The molecule has 1 aliphatic carbocycles. The standard InChI is InChI=1S/C20H22N2O4.C9H17N/c23-12-21-17-11-15-9-5-4-8-14(15)10-16(17)19(24)22-18(20(25)26)13-6-2-1-3-7-13;1-3-4-5-6-7-8-9-10-2/h4-5,8-13,18H,1-3,6-7H2,(H,21,23)(H,22,24)(H,25,26);4-5,7-8,10H,3,6,9H2,1-2H3/b;5-4-,8-7-. The van der Waals surface area contributed by atoms with Gasteiger partial charge in [0.25, 0.3) is 5.91 Å². The number of carbonyl (C=O) groups is 3. The smallest absolute Gasteiger partial charge is 0.326 e. The second kappa shape index (κ2) is 16.3. The number of carboxylic acid groups (broad SMARTS) is 1. The van der Waals surface area contributed by atoms with Gasteiger partial charge < -0.3 is 21.1 Å². The zero-order valence-electron chi connectivity index (χ0n) is 21.3. The van der Waals surface area contributed by atoms with Crippen LogP contribution in [0.1, 0.15) is 62.2 Å². The topological polar surface area (TPSA) is 108 Å². The van der Waals surface area contributed by atoms with Gasteiger partial charge in [-0.1, -0.05) is 74.8 Å². The summed E-state index contributed by atoms with van der Waals surface area (Å²) >= 11 is 0. The highest BCUT2D eigenvalue weighted by Crippen LogP contribution is 2.28. The quantitative estimate of drug-likeness (QED) is 0.251. The van der Waals surface area contributed by atoms with Gasteiger partial charge in [-0.15, -0.1) is 0 Å². The minimum atomic E-state index is -1.02. The van der Waals surface area contributed by atoms with Crippen molar-refractivity contribution in [3.8, 4) is 0 Å². The number of anilines is 1. The van der Waals surface area contributed by atoms with Crippen molar-refractivity contribution in [3.05, 3.63) is 66.3 Å². The number of hydrogen-bond donors (Lipinski definition) is 4. The molecule has 0 heterocycles. The van der Waals surface area contributed by atoms with Crippen LogP contribution in [0.5, 0.6) is 0 Å². The number of benzene rings is 2. The third-order valence-electron chi connectivity index (χ3n) is 6.18. The van der Waals surface area contributed by atoms with Gasteiger partial charge in [-0.2, -0.15) is 0 Å². The third-order valence-corrected chi connectivity index (χ3v) is 6.18. The van der Waals surface area contributed by atoms with Crippen LogP contribution in [-0.2, 0) is 9.59 Å². The molecule has 0 spiro atoms. The molecule has 0 bridgehead atoms. The van der Waals surface area contributed by atoms with Crippen LogP contribution in [0.15, 0.2) is 60.7 Å². The van der Waals surface area contributed by atoms with E-state index in [4.69, 9.17) is 0 Å². The van der Waals surface area contributed by atoms with Crippen LogP contribution in [0, 0.1) is 5.92 Å². The zero-order chi connectivity index (χ0) is 26.2. The highest BCUT2D eigenvalue weighted by Gasteiger charge is 2.31. The summed E-state index contributed by atoms with van der Waals surface area (Å²) in [6.45, 7) is 3.12. The Morgan fingerprint density at radius 1 is 1.03 bits per heavy atom. The van der Waals surface area contributed by atoms with E-state index >= 15 is 0 Å². The molecule has 36 heavy (non-hydrogen) atoms. The number of amides is 2. The largest absolute Gasteiger partial charge is 0.480 e. The van der Waals surface area contributed by atoms with Crippen molar-refractivity contribution in [3.63, 3.8) is 0 Å². The predicted molar refractivity (Wildman–Crippen MR) is 146 cm³/mol. The van der Waals surface area contributed by atoms with Crippen molar-refractivity contribution >= 4 is 34.7 Å². The van der Waals surface area contributed by atoms with Crippen molar-refractivity contribution < 1.29 is 19.5 Å². The Bertz CT molecular complexity index is 1040. The minimum absolute atomic E-state index is 0.0619. The van der Waals surface area contributed by atoms with E-state index in [9.17, 15) is 19.5 Å². The minimum Gasteiger partial charge on any atom is -0.480 e. The second-order valence-corrected chi connectivity index (χ2v) is 8.84. The first kappa shape index (κ1) is 28.8. The molecular formula is C29H39N3O4. The zero-order valence-corrected chi connectivity index (χ0v) is 21.3. The molecule has 1 saturated carbocycles. The number of aliphatic carboxylic acids is 1. The summed E-state index contributed by atoms with van der Waals surface area (Å²) in [5, 5.41) is 19.6. The first-order chi connectivity index (χ1) is 17.5.